The number of aliphatic hydroxyl groups excluding tert-OH is 7. The fourth-order valence-electron chi connectivity index (χ4n) is 8.09. The van der Waals surface area contributed by atoms with Crippen molar-refractivity contribution in [3.63, 3.8) is 0 Å². The van der Waals surface area contributed by atoms with Crippen LogP contribution in [0.4, 0.5) is 0 Å². The third-order valence-corrected chi connectivity index (χ3v) is 12.3. The summed E-state index contributed by atoms with van der Waals surface area (Å²) in [5.74, 6) is -0.384. The number of carbonyl (C=O) groups is 1. The van der Waals surface area contributed by atoms with Crippen molar-refractivity contribution in [3.8, 4) is 0 Å². The van der Waals surface area contributed by atoms with Gasteiger partial charge in [0.15, 0.2) is 12.6 Å². The molecular weight excluding hydrogens is 813 g/mol. The maximum absolute atomic E-state index is 12.9. The summed E-state index contributed by atoms with van der Waals surface area (Å²) in [7, 11) is 0. The highest BCUT2D eigenvalue weighted by Crippen LogP contribution is 2.26. The van der Waals surface area contributed by atoms with E-state index in [1.54, 1.807) is 0 Å². The number of aliphatic hydroxyl groups is 7. The zero-order valence-corrected chi connectivity index (χ0v) is 39.3. The fourth-order valence-corrected chi connectivity index (χ4v) is 8.09. The average Bonchev–Trinajstić information content (AvgIpc) is 3.28. The maximum atomic E-state index is 12.9. The lowest BCUT2D eigenvalue weighted by atomic mass is 9.98. The molecule has 14 nitrogen and oxygen atoms in total. The molecule has 0 radical (unpaired) electrons. The quantitative estimate of drug-likeness (QED) is 0.0186. The fraction of sp³-hybridized carbons (Fsp3) is 0.939. The molecule has 11 atom stereocenters. The Bertz CT molecular complexity index is 1100. The molecule has 0 saturated carbocycles. The first kappa shape index (κ1) is 57.9. The van der Waals surface area contributed by atoms with Crippen LogP contribution in [-0.2, 0) is 33.2 Å². The Morgan fingerprint density at radius 2 is 0.952 bits per heavy atom. The second-order valence-corrected chi connectivity index (χ2v) is 18.0. The molecule has 63 heavy (non-hydrogen) atoms. The SMILES string of the molecule is CCCC/C=C\CCCCCCCC(=O)OC(COCCCCCCCCCCCCCCCCCCCC)COC1OC(COC2OC(CO)C(O)C(O)C2O)C(O)C(O)C1O. The Morgan fingerprint density at radius 1 is 0.508 bits per heavy atom. The van der Waals surface area contributed by atoms with Crippen molar-refractivity contribution < 1.29 is 69.0 Å². The number of ether oxygens (including phenoxy) is 6. The van der Waals surface area contributed by atoms with E-state index in [1.165, 1.54) is 109 Å². The summed E-state index contributed by atoms with van der Waals surface area (Å²) in [4.78, 5) is 12.9. The molecule has 0 aromatic carbocycles. The van der Waals surface area contributed by atoms with Crippen LogP contribution in [0.3, 0.4) is 0 Å². The summed E-state index contributed by atoms with van der Waals surface area (Å²) >= 11 is 0. The third-order valence-electron chi connectivity index (χ3n) is 12.3. The molecule has 0 aromatic heterocycles. The third kappa shape index (κ3) is 26.0. The van der Waals surface area contributed by atoms with Gasteiger partial charge in [-0.1, -0.05) is 167 Å². The number of hydrogen-bond donors (Lipinski definition) is 7. The summed E-state index contributed by atoms with van der Waals surface area (Å²) in [6.07, 6.45) is 21.4. The minimum absolute atomic E-state index is 0.0636. The molecule has 11 unspecified atom stereocenters. The van der Waals surface area contributed by atoms with Crippen molar-refractivity contribution in [1.82, 2.24) is 0 Å². The zero-order chi connectivity index (χ0) is 45.9. The highest BCUT2D eigenvalue weighted by atomic mass is 16.7. The van der Waals surface area contributed by atoms with Gasteiger partial charge in [-0.2, -0.15) is 0 Å². The minimum Gasteiger partial charge on any atom is -0.457 e. The van der Waals surface area contributed by atoms with Gasteiger partial charge in [0, 0.05) is 13.0 Å². The Labute approximate surface area is 380 Å². The Morgan fingerprint density at radius 3 is 1.49 bits per heavy atom. The predicted octanol–water partition coefficient (Wildman–Crippen LogP) is 7.07. The Kier molecular flexibility index (Phi) is 34.7. The molecule has 14 heteroatoms. The van der Waals surface area contributed by atoms with Crippen LogP contribution < -0.4 is 0 Å². The van der Waals surface area contributed by atoms with Gasteiger partial charge in [-0.3, -0.25) is 4.79 Å². The van der Waals surface area contributed by atoms with E-state index in [0.29, 0.717) is 13.0 Å². The van der Waals surface area contributed by atoms with Gasteiger partial charge in [0.05, 0.1) is 26.4 Å². The van der Waals surface area contributed by atoms with Crippen LogP contribution in [-0.4, -0.2) is 142 Å². The van der Waals surface area contributed by atoms with Crippen LogP contribution in [0.5, 0.6) is 0 Å². The molecule has 2 aliphatic heterocycles. The molecule has 372 valence electrons. The van der Waals surface area contributed by atoms with Crippen LogP contribution in [0.2, 0.25) is 0 Å². The highest BCUT2D eigenvalue weighted by molar-refractivity contribution is 5.69. The number of carbonyl (C=O) groups excluding carboxylic acids is 1. The van der Waals surface area contributed by atoms with Crippen LogP contribution >= 0.6 is 0 Å². The van der Waals surface area contributed by atoms with E-state index in [1.807, 2.05) is 0 Å². The van der Waals surface area contributed by atoms with E-state index in [9.17, 15) is 40.5 Å². The molecule has 0 spiro atoms. The van der Waals surface area contributed by atoms with E-state index in [2.05, 4.69) is 26.0 Å². The van der Waals surface area contributed by atoms with E-state index in [4.69, 9.17) is 28.4 Å². The Balaban J connectivity index is 1.75. The first-order valence-corrected chi connectivity index (χ1v) is 25.3. The molecule has 2 heterocycles. The number of allylic oxidation sites excluding steroid dienone is 2. The van der Waals surface area contributed by atoms with E-state index in [0.717, 1.165) is 57.8 Å². The van der Waals surface area contributed by atoms with Crippen LogP contribution in [0.15, 0.2) is 12.2 Å². The first-order valence-electron chi connectivity index (χ1n) is 25.3. The minimum atomic E-state index is -1.70. The average molecular weight is 905 g/mol. The molecular formula is C49H92O14. The van der Waals surface area contributed by atoms with Crippen LogP contribution in [0.25, 0.3) is 0 Å². The summed E-state index contributed by atoms with van der Waals surface area (Å²) in [5.41, 5.74) is 0. The van der Waals surface area contributed by atoms with E-state index in [-0.39, 0.29) is 25.6 Å². The van der Waals surface area contributed by atoms with Crippen molar-refractivity contribution in [1.29, 1.82) is 0 Å². The zero-order valence-electron chi connectivity index (χ0n) is 39.3. The molecule has 0 amide bonds. The first-order chi connectivity index (χ1) is 30.6. The van der Waals surface area contributed by atoms with Crippen LogP contribution in [0, 0.1) is 0 Å². The second kappa shape index (κ2) is 37.8. The monoisotopic (exact) mass is 905 g/mol. The summed E-state index contributed by atoms with van der Waals surface area (Å²) in [6.45, 7) is 3.66. The summed E-state index contributed by atoms with van der Waals surface area (Å²) < 4.78 is 34.2. The maximum Gasteiger partial charge on any atom is 0.306 e. The summed E-state index contributed by atoms with van der Waals surface area (Å²) in [6, 6.07) is 0. The van der Waals surface area contributed by atoms with Gasteiger partial charge in [0.25, 0.3) is 0 Å². The number of rotatable bonds is 40. The molecule has 2 saturated heterocycles. The molecule has 0 bridgehead atoms. The lowest BCUT2D eigenvalue weighted by molar-refractivity contribution is -0.332. The molecule has 7 N–H and O–H groups in total. The van der Waals surface area contributed by atoms with E-state index < -0.39 is 80.7 Å². The Hall–Kier alpha value is -1.27. The van der Waals surface area contributed by atoms with Gasteiger partial charge in [0.2, 0.25) is 0 Å². The summed E-state index contributed by atoms with van der Waals surface area (Å²) in [5, 5.41) is 72.0. The topological polar surface area (TPSA) is 214 Å². The second-order valence-electron chi connectivity index (χ2n) is 18.0. The van der Waals surface area contributed by atoms with Crippen molar-refractivity contribution in [3.05, 3.63) is 12.2 Å². The number of hydrogen-bond acceptors (Lipinski definition) is 14. The molecule has 2 fully saturated rings. The lowest BCUT2D eigenvalue weighted by Crippen LogP contribution is -2.61. The standard InChI is InChI=1S/C49H92O14/c1-3-5-7-9-11-13-15-16-17-18-19-20-21-23-25-27-29-31-33-58-35-38(61-41(51)32-30-28-26-24-22-14-12-10-8-6-4-2)36-59-48-47(57)45(55)43(53)40(63-48)37-60-49-46(56)44(54)42(52)39(34-50)62-49/h10,12,38-40,42-50,52-57H,3-9,11,13-37H2,1-2H3/b12-10-. The van der Waals surface area contributed by atoms with Gasteiger partial charge >= 0.3 is 5.97 Å². The molecule has 2 aliphatic rings. The predicted molar refractivity (Wildman–Crippen MR) is 243 cm³/mol. The van der Waals surface area contributed by atoms with Gasteiger partial charge in [0.1, 0.15) is 54.9 Å². The van der Waals surface area contributed by atoms with Crippen molar-refractivity contribution in [2.75, 3.05) is 33.0 Å². The normalized spacial score (nSPS) is 27.0. The number of unbranched alkanes of at least 4 members (excludes halogenated alkanes) is 24. The van der Waals surface area contributed by atoms with Gasteiger partial charge in [-0.05, 0) is 32.1 Å². The number of esters is 1. The highest BCUT2D eigenvalue weighted by Gasteiger charge is 2.47. The van der Waals surface area contributed by atoms with Gasteiger partial charge < -0.3 is 64.2 Å². The lowest BCUT2D eigenvalue weighted by Gasteiger charge is -2.42. The van der Waals surface area contributed by atoms with E-state index >= 15 is 0 Å². The van der Waals surface area contributed by atoms with Gasteiger partial charge in [-0.15, -0.1) is 0 Å². The molecule has 0 aliphatic carbocycles. The van der Waals surface area contributed by atoms with Crippen molar-refractivity contribution >= 4 is 5.97 Å². The van der Waals surface area contributed by atoms with Crippen molar-refractivity contribution in [2.45, 2.75) is 261 Å². The van der Waals surface area contributed by atoms with Crippen LogP contribution in [0.1, 0.15) is 194 Å². The smallest absolute Gasteiger partial charge is 0.306 e. The van der Waals surface area contributed by atoms with Crippen molar-refractivity contribution in [2.24, 2.45) is 0 Å². The largest absolute Gasteiger partial charge is 0.457 e. The molecule has 2 rings (SSSR count). The molecule has 0 aromatic rings. The van der Waals surface area contributed by atoms with Gasteiger partial charge in [-0.25, -0.2) is 0 Å².